The number of carboxylic acids is 1. The third-order valence-corrected chi connectivity index (χ3v) is 5.26. The van der Waals surface area contributed by atoms with Crippen molar-refractivity contribution < 1.29 is 38.7 Å². The van der Waals surface area contributed by atoms with Crippen LogP contribution in [0.25, 0.3) is 0 Å². The van der Waals surface area contributed by atoms with E-state index in [4.69, 9.17) is 10.8 Å². The number of aliphatic carboxylic acids is 1. The summed E-state index contributed by atoms with van der Waals surface area (Å²) in [6, 6.07) is -4.24. The van der Waals surface area contributed by atoms with E-state index in [1.807, 2.05) is 0 Å². The van der Waals surface area contributed by atoms with Crippen LogP contribution in [0.3, 0.4) is 0 Å². The van der Waals surface area contributed by atoms with Gasteiger partial charge in [0.25, 0.3) is 0 Å². The van der Waals surface area contributed by atoms with Crippen LogP contribution in [0.15, 0.2) is 12.5 Å². The van der Waals surface area contributed by atoms with Crippen molar-refractivity contribution in [2.45, 2.75) is 44.4 Å². The van der Waals surface area contributed by atoms with E-state index in [0.717, 1.165) is 0 Å². The first-order valence-electron chi connectivity index (χ1n) is 11.6. The van der Waals surface area contributed by atoms with Crippen LogP contribution in [0.4, 0.5) is 0 Å². The van der Waals surface area contributed by atoms with Gasteiger partial charge in [-0.15, -0.1) is 0 Å². The molecule has 0 aromatic carbocycles. The minimum absolute atomic E-state index is 0.0507. The number of imidazole rings is 1. The second-order valence-corrected chi connectivity index (χ2v) is 8.63. The molecular weight excluding hydrogens is 538 g/mol. The summed E-state index contributed by atoms with van der Waals surface area (Å²) >= 11 is 4.08. The molecule has 1 heterocycles. The van der Waals surface area contributed by atoms with Gasteiger partial charge in [-0.1, -0.05) is 0 Å². The number of hydrogen-bond donors (Lipinski definition) is 10. The molecule has 0 unspecified atom stereocenters. The molecule has 1 rings (SSSR count). The SMILES string of the molecule is C[C@H](N)C(=O)N[C@@H](C)C(=O)N[C@@H](CS)C(=O)N[C@@H](Cc1cnc[nH]1)C(=O)NCC(=O)NCC(=O)NCC(=O)O. The van der Waals surface area contributed by atoms with Gasteiger partial charge in [0.1, 0.15) is 24.7 Å². The maximum atomic E-state index is 12.9. The first-order valence-corrected chi connectivity index (χ1v) is 12.2. The van der Waals surface area contributed by atoms with Crippen LogP contribution in [0.2, 0.25) is 0 Å². The monoisotopic (exact) mass is 571 g/mol. The number of aromatic nitrogens is 2. The number of thiol groups is 1. The van der Waals surface area contributed by atoms with Gasteiger partial charge in [-0.2, -0.15) is 12.6 Å². The molecule has 0 saturated carbocycles. The molecule has 18 heteroatoms. The first kappa shape index (κ1) is 32.8. The summed E-state index contributed by atoms with van der Waals surface area (Å²) in [5.41, 5.74) is 5.95. The smallest absolute Gasteiger partial charge is 0.322 e. The zero-order valence-electron chi connectivity index (χ0n) is 21.3. The Morgan fingerprint density at radius 3 is 2.00 bits per heavy atom. The molecule has 6 amide bonds. The largest absolute Gasteiger partial charge is 0.480 e. The summed E-state index contributed by atoms with van der Waals surface area (Å²) in [5, 5.41) is 22.4. The minimum atomic E-state index is -1.26. The lowest BCUT2D eigenvalue weighted by molar-refractivity contribution is -0.137. The zero-order chi connectivity index (χ0) is 29.5. The molecular formula is C21H33N9O8S. The maximum absolute atomic E-state index is 12.9. The number of carbonyl (C=O) groups is 7. The molecule has 17 nitrogen and oxygen atoms in total. The molecule has 0 spiro atoms. The first-order chi connectivity index (χ1) is 18.3. The lowest BCUT2D eigenvalue weighted by Crippen LogP contribution is -2.58. The predicted molar refractivity (Wildman–Crippen MR) is 138 cm³/mol. The van der Waals surface area contributed by atoms with Gasteiger partial charge in [-0.05, 0) is 13.8 Å². The van der Waals surface area contributed by atoms with Crippen molar-refractivity contribution >= 4 is 54.0 Å². The molecule has 216 valence electrons. The van der Waals surface area contributed by atoms with E-state index in [0.29, 0.717) is 5.69 Å². The van der Waals surface area contributed by atoms with E-state index in [2.05, 4.69) is 54.5 Å². The Hall–Kier alpha value is -4.19. The Morgan fingerprint density at radius 2 is 1.46 bits per heavy atom. The zero-order valence-corrected chi connectivity index (χ0v) is 22.2. The summed E-state index contributed by atoms with van der Waals surface area (Å²) in [7, 11) is 0. The second kappa shape index (κ2) is 16.6. The fourth-order valence-corrected chi connectivity index (χ4v) is 3.02. The fraction of sp³-hybridized carbons (Fsp3) is 0.524. The van der Waals surface area contributed by atoms with Crippen molar-refractivity contribution in [2.24, 2.45) is 5.73 Å². The van der Waals surface area contributed by atoms with Crippen molar-refractivity contribution in [2.75, 3.05) is 25.4 Å². The number of nitrogens with one attached hydrogen (secondary N) is 7. The summed E-state index contributed by atoms with van der Waals surface area (Å²) < 4.78 is 0. The molecule has 0 aliphatic carbocycles. The topological polar surface area (TPSA) is 267 Å². The van der Waals surface area contributed by atoms with Gasteiger partial charge < -0.3 is 47.7 Å². The second-order valence-electron chi connectivity index (χ2n) is 8.27. The van der Waals surface area contributed by atoms with E-state index in [9.17, 15) is 33.6 Å². The van der Waals surface area contributed by atoms with E-state index < -0.39 is 85.2 Å². The molecule has 1 aromatic heterocycles. The molecule has 10 N–H and O–H groups in total. The molecule has 0 aliphatic heterocycles. The van der Waals surface area contributed by atoms with Crippen molar-refractivity contribution in [3.8, 4) is 0 Å². The van der Waals surface area contributed by atoms with Crippen LogP contribution < -0.4 is 37.6 Å². The van der Waals surface area contributed by atoms with Crippen LogP contribution >= 0.6 is 12.6 Å². The molecule has 0 bridgehead atoms. The number of H-pyrrole nitrogens is 1. The van der Waals surface area contributed by atoms with Gasteiger partial charge >= 0.3 is 5.97 Å². The summed E-state index contributed by atoms with van der Waals surface area (Å²) in [4.78, 5) is 90.4. The molecule has 39 heavy (non-hydrogen) atoms. The highest BCUT2D eigenvalue weighted by molar-refractivity contribution is 7.80. The molecule has 0 aliphatic rings. The molecule has 0 radical (unpaired) electrons. The van der Waals surface area contributed by atoms with Gasteiger partial charge in [0.05, 0.1) is 25.5 Å². The Balaban J connectivity index is 2.75. The molecule has 0 fully saturated rings. The highest BCUT2D eigenvalue weighted by Crippen LogP contribution is 2.01. The summed E-state index contributed by atoms with van der Waals surface area (Å²) in [5.74, 6) is -5.65. The number of nitrogens with zero attached hydrogens (tertiary/aromatic N) is 1. The Kier molecular flexibility index (Phi) is 14.0. The normalized spacial score (nSPS) is 13.5. The fourth-order valence-electron chi connectivity index (χ4n) is 2.77. The summed E-state index contributed by atoms with van der Waals surface area (Å²) in [6.45, 7) is 1.16. The maximum Gasteiger partial charge on any atom is 0.322 e. The van der Waals surface area contributed by atoms with Gasteiger partial charge in [0, 0.05) is 24.1 Å². The number of carbonyl (C=O) groups excluding carboxylic acids is 6. The van der Waals surface area contributed by atoms with Crippen LogP contribution in [-0.4, -0.2) is 106 Å². The third kappa shape index (κ3) is 12.7. The van der Waals surface area contributed by atoms with E-state index in [-0.39, 0.29) is 12.2 Å². The van der Waals surface area contributed by atoms with Gasteiger partial charge in [-0.3, -0.25) is 33.6 Å². The van der Waals surface area contributed by atoms with Crippen LogP contribution in [0, 0.1) is 0 Å². The van der Waals surface area contributed by atoms with Crippen molar-refractivity contribution in [1.82, 2.24) is 41.9 Å². The van der Waals surface area contributed by atoms with Gasteiger partial charge in [-0.25, -0.2) is 4.98 Å². The van der Waals surface area contributed by atoms with Crippen molar-refractivity contribution in [3.05, 3.63) is 18.2 Å². The quantitative estimate of drug-likeness (QED) is 0.0845. The average molecular weight is 572 g/mol. The highest BCUT2D eigenvalue weighted by Gasteiger charge is 2.28. The number of aromatic amines is 1. The number of nitrogens with two attached hydrogens (primary N) is 1. The minimum Gasteiger partial charge on any atom is -0.480 e. The van der Waals surface area contributed by atoms with Crippen molar-refractivity contribution in [1.29, 1.82) is 0 Å². The lowest BCUT2D eigenvalue weighted by atomic mass is 10.1. The highest BCUT2D eigenvalue weighted by atomic mass is 32.1. The van der Waals surface area contributed by atoms with Crippen LogP contribution in [-0.2, 0) is 40.0 Å². The number of amides is 6. The number of rotatable bonds is 16. The van der Waals surface area contributed by atoms with Crippen molar-refractivity contribution in [3.63, 3.8) is 0 Å². The Morgan fingerprint density at radius 1 is 0.872 bits per heavy atom. The predicted octanol–water partition coefficient (Wildman–Crippen LogP) is -4.86. The number of carboxylic acid groups (broad SMARTS) is 1. The van der Waals surface area contributed by atoms with Crippen LogP contribution in [0.1, 0.15) is 19.5 Å². The molecule has 4 atom stereocenters. The molecule has 1 aromatic rings. The summed E-state index contributed by atoms with van der Waals surface area (Å²) in [6.07, 6.45) is 2.74. The van der Waals surface area contributed by atoms with Gasteiger partial charge in [0.2, 0.25) is 35.4 Å². The number of hydrogen-bond acceptors (Lipinski definition) is 10. The molecule has 0 saturated heterocycles. The van der Waals surface area contributed by atoms with E-state index in [1.165, 1.54) is 26.4 Å². The average Bonchev–Trinajstić information content (AvgIpc) is 3.40. The Labute approximate surface area is 228 Å². The van der Waals surface area contributed by atoms with E-state index >= 15 is 0 Å². The van der Waals surface area contributed by atoms with Crippen LogP contribution in [0.5, 0.6) is 0 Å². The van der Waals surface area contributed by atoms with E-state index in [1.54, 1.807) is 0 Å². The lowest BCUT2D eigenvalue weighted by Gasteiger charge is -2.23. The Bertz CT molecular complexity index is 1030. The van der Waals surface area contributed by atoms with Gasteiger partial charge in [0.15, 0.2) is 0 Å². The third-order valence-electron chi connectivity index (χ3n) is 4.90. The standard InChI is InChI=1S/C21H33N9O8S/c1-10(22)18(35)28-11(2)19(36)30-14(8-39)21(38)29-13(3-12-4-23-9-27-12)20(37)26-6-16(32)24-5-15(31)25-7-17(33)34/h4,9-11,13-14,39H,3,5-8,22H2,1-2H3,(H,23,27)(H,24,32)(H,25,31)(H,26,37)(H,28,35)(H,29,38)(H,30,36)(H,33,34)/t10-,11-,13-,14-/m0/s1.